The molecule has 0 nitrogen and oxygen atoms in total. The molecule has 9 heavy (non-hydrogen) atoms. The maximum Gasteiger partial charge on any atom is 0.0881 e. The van der Waals surface area contributed by atoms with Crippen molar-refractivity contribution in [1.82, 2.24) is 0 Å². The molecule has 0 aromatic rings. The van der Waals surface area contributed by atoms with E-state index in [1.54, 1.807) is 12.2 Å². The van der Waals surface area contributed by atoms with Crippen molar-refractivity contribution in [2.24, 2.45) is 0 Å². The van der Waals surface area contributed by atoms with Crippen LogP contribution in [0.3, 0.4) is 0 Å². The van der Waals surface area contributed by atoms with Gasteiger partial charge in [-0.25, -0.2) is 4.39 Å². The fourth-order valence-corrected chi connectivity index (χ4v) is 0.424. The number of rotatable bonds is 2. The molecular formula is C7H8ClF. The first-order valence-electron chi connectivity index (χ1n) is 2.56. The fourth-order valence-electron chi connectivity index (χ4n) is 0.304. The van der Waals surface area contributed by atoms with Gasteiger partial charge >= 0.3 is 0 Å². The van der Waals surface area contributed by atoms with Gasteiger partial charge in [-0.3, -0.25) is 0 Å². The lowest BCUT2D eigenvalue weighted by atomic mass is 10.4. The van der Waals surface area contributed by atoms with E-state index in [2.05, 4.69) is 0 Å². The van der Waals surface area contributed by atoms with E-state index in [1.165, 1.54) is 6.08 Å². The van der Waals surface area contributed by atoms with Crippen molar-refractivity contribution in [3.05, 3.63) is 35.7 Å². The van der Waals surface area contributed by atoms with Crippen molar-refractivity contribution in [3.63, 3.8) is 0 Å². The Morgan fingerprint density at radius 3 is 2.67 bits per heavy atom. The van der Waals surface area contributed by atoms with Crippen LogP contribution in [-0.4, -0.2) is 0 Å². The van der Waals surface area contributed by atoms with E-state index in [0.29, 0.717) is 11.4 Å². The van der Waals surface area contributed by atoms with Gasteiger partial charge in [0.15, 0.2) is 0 Å². The average molecular weight is 147 g/mol. The summed E-state index contributed by atoms with van der Waals surface area (Å²) in [5.41, 5.74) is 0. The van der Waals surface area contributed by atoms with Crippen LogP contribution < -0.4 is 0 Å². The predicted octanol–water partition coefficient (Wildman–Crippen LogP) is 3.17. The summed E-state index contributed by atoms with van der Waals surface area (Å²) in [7, 11) is 0. The summed E-state index contributed by atoms with van der Waals surface area (Å²) < 4.78 is 11.3. The van der Waals surface area contributed by atoms with Crippen LogP contribution in [0.25, 0.3) is 0 Å². The van der Waals surface area contributed by atoms with Crippen LogP contribution in [0.1, 0.15) is 6.92 Å². The second-order valence-electron chi connectivity index (χ2n) is 1.37. The minimum atomic E-state index is 0.385. The number of allylic oxidation sites excluding steroid dienone is 5. The molecule has 50 valence electrons. The molecule has 0 fully saturated rings. The van der Waals surface area contributed by atoms with Crippen LogP contribution in [-0.2, 0) is 0 Å². The molecule has 0 saturated carbocycles. The monoisotopic (exact) mass is 146 g/mol. The summed E-state index contributed by atoms with van der Waals surface area (Å²) in [6.45, 7) is 1.86. The van der Waals surface area contributed by atoms with E-state index < -0.39 is 0 Å². The highest BCUT2D eigenvalue weighted by molar-refractivity contribution is 6.31. The molecular weight excluding hydrogens is 139 g/mol. The highest BCUT2D eigenvalue weighted by atomic mass is 35.5. The third-order valence-corrected chi connectivity index (χ3v) is 0.922. The lowest BCUT2D eigenvalue weighted by molar-refractivity contribution is 0.721. The summed E-state index contributed by atoms with van der Waals surface area (Å²) in [5, 5.41) is 0.385. The molecule has 0 heterocycles. The minimum absolute atomic E-state index is 0.385. The van der Waals surface area contributed by atoms with Crippen LogP contribution in [0.2, 0.25) is 0 Å². The zero-order chi connectivity index (χ0) is 7.11. The van der Waals surface area contributed by atoms with Gasteiger partial charge in [0.2, 0.25) is 0 Å². The molecule has 0 rings (SSSR count). The largest absolute Gasteiger partial charge is 0.215 e. The molecule has 2 heteroatoms. The van der Waals surface area contributed by atoms with Gasteiger partial charge < -0.3 is 0 Å². The molecule has 0 spiro atoms. The molecule has 0 aliphatic rings. The van der Waals surface area contributed by atoms with E-state index in [4.69, 9.17) is 11.6 Å². The van der Waals surface area contributed by atoms with Crippen LogP contribution in [0.15, 0.2) is 35.7 Å². The summed E-state index contributed by atoms with van der Waals surface area (Å²) in [5.74, 6) is 0. The van der Waals surface area contributed by atoms with Gasteiger partial charge in [-0.2, -0.15) is 0 Å². The smallest absolute Gasteiger partial charge is 0.0881 e. The second kappa shape index (κ2) is 5.57. The Hall–Kier alpha value is -0.560. The molecule has 0 radical (unpaired) electrons. The maximum atomic E-state index is 11.3. The average Bonchev–Trinajstić information content (AvgIpc) is 1.85. The summed E-state index contributed by atoms with van der Waals surface area (Å²) >= 11 is 5.44. The van der Waals surface area contributed by atoms with E-state index in [1.807, 2.05) is 13.0 Å². The molecule has 0 bridgehead atoms. The van der Waals surface area contributed by atoms with Crippen molar-refractivity contribution >= 4 is 11.6 Å². The Bertz CT molecular complexity index is 145. The molecule has 0 N–H and O–H groups in total. The Morgan fingerprint density at radius 1 is 1.56 bits per heavy atom. The first-order chi connectivity index (χ1) is 4.31. The molecule has 0 amide bonds. The van der Waals surface area contributed by atoms with Gasteiger partial charge in [0.25, 0.3) is 0 Å². The Balaban J connectivity index is 3.84. The summed E-state index contributed by atoms with van der Waals surface area (Å²) in [6.07, 6.45) is 6.75. The lowest BCUT2D eigenvalue weighted by Gasteiger charge is -1.79. The van der Waals surface area contributed by atoms with Crippen LogP contribution in [0.5, 0.6) is 0 Å². The van der Waals surface area contributed by atoms with Gasteiger partial charge in [0, 0.05) is 5.03 Å². The standard InChI is InChI=1S/C7H8ClF/c1-2-3-4-7(8)5-6-9/h2-6H,1H3/b3-2+,6-5+,7-4+. The molecule has 0 aliphatic heterocycles. The second-order valence-corrected chi connectivity index (χ2v) is 1.81. The Labute approximate surface area is 59.3 Å². The molecule has 0 saturated heterocycles. The lowest BCUT2D eigenvalue weighted by Crippen LogP contribution is -1.57. The van der Waals surface area contributed by atoms with E-state index in [9.17, 15) is 4.39 Å². The van der Waals surface area contributed by atoms with E-state index >= 15 is 0 Å². The quantitative estimate of drug-likeness (QED) is 0.525. The molecule has 0 unspecified atom stereocenters. The molecule has 0 atom stereocenters. The normalized spacial score (nSPS) is 13.9. The summed E-state index contributed by atoms with van der Waals surface area (Å²) in [4.78, 5) is 0. The van der Waals surface area contributed by atoms with Crippen molar-refractivity contribution in [3.8, 4) is 0 Å². The summed E-state index contributed by atoms with van der Waals surface area (Å²) in [6, 6.07) is 0. The number of halogens is 2. The van der Waals surface area contributed by atoms with Crippen molar-refractivity contribution < 1.29 is 4.39 Å². The first kappa shape index (κ1) is 8.44. The van der Waals surface area contributed by atoms with Crippen molar-refractivity contribution in [2.45, 2.75) is 6.92 Å². The Kier molecular flexibility index (Phi) is 5.23. The number of hydrogen-bond donors (Lipinski definition) is 0. The maximum absolute atomic E-state index is 11.3. The highest BCUT2D eigenvalue weighted by Crippen LogP contribution is 2.02. The first-order valence-corrected chi connectivity index (χ1v) is 2.94. The van der Waals surface area contributed by atoms with Gasteiger partial charge in [-0.1, -0.05) is 23.8 Å². The zero-order valence-electron chi connectivity index (χ0n) is 5.14. The minimum Gasteiger partial charge on any atom is -0.215 e. The third kappa shape index (κ3) is 5.31. The Morgan fingerprint density at radius 2 is 2.22 bits per heavy atom. The zero-order valence-corrected chi connectivity index (χ0v) is 5.90. The topological polar surface area (TPSA) is 0 Å². The van der Waals surface area contributed by atoms with Crippen LogP contribution in [0, 0.1) is 0 Å². The highest BCUT2D eigenvalue weighted by Gasteiger charge is 1.77. The third-order valence-electron chi connectivity index (χ3n) is 0.670. The molecule has 0 aliphatic carbocycles. The van der Waals surface area contributed by atoms with Gasteiger partial charge in [0.1, 0.15) is 0 Å². The molecule has 0 aromatic heterocycles. The SMILES string of the molecule is C/C=C/C=C(Cl)\C=C\F. The molecule has 0 aromatic carbocycles. The van der Waals surface area contributed by atoms with Gasteiger partial charge in [0.05, 0.1) is 6.33 Å². The van der Waals surface area contributed by atoms with Crippen LogP contribution in [0.4, 0.5) is 4.39 Å². The van der Waals surface area contributed by atoms with Crippen molar-refractivity contribution in [1.29, 1.82) is 0 Å². The number of hydrogen-bond acceptors (Lipinski definition) is 0. The fraction of sp³-hybridized carbons (Fsp3) is 0.143. The van der Waals surface area contributed by atoms with Crippen molar-refractivity contribution in [2.75, 3.05) is 0 Å². The van der Waals surface area contributed by atoms with Crippen LogP contribution >= 0.6 is 11.6 Å². The predicted molar refractivity (Wildman–Crippen MR) is 39.0 cm³/mol. The van der Waals surface area contributed by atoms with Gasteiger partial charge in [-0.15, -0.1) is 0 Å². The van der Waals surface area contributed by atoms with Gasteiger partial charge in [-0.05, 0) is 19.1 Å². The van der Waals surface area contributed by atoms with E-state index in [0.717, 1.165) is 0 Å². The van der Waals surface area contributed by atoms with E-state index in [-0.39, 0.29) is 0 Å².